The van der Waals surface area contributed by atoms with E-state index in [2.05, 4.69) is 0 Å². The number of hydrogen-bond donors (Lipinski definition) is 0. The molecule has 0 atom stereocenters. The van der Waals surface area contributed by atoms with Gasteiger partial charge in [-0.15, -0.1) is 0 Å². The van der Waals surface area contributed by atoms with Crippen LogP contribution in [-0.2, 0) is 0 Å². The SMILES string of the molecule is COc1ccccc1C(=O)N1CCCN(C(=O)c2ccc3c(c2)OCO3)CC1. The van der Waals surface area contributed by atoms with Gasteiger partial charge in [-0.3, -0.25) is 9.59 Å². The average molecular weight is 382 g/mol. The largest absolute Gasteiger partial charge is 0.496 e. The van der Waals surface area contributed by atoms with E-state index in [4.69, 9.17) is 14.2 Å². The van der Waals surface area contributed by atoms with E-state index in [1.165, 1.54) is 0 Å². The van der Waals surface area contributed by atoms with Gasteiger partial charge in [0.1, 0.15) is 5.75 Å². The monoisotopic (exact) mass is 382 g/mol. The van der Waals surface area contributed by atoms with Gasteiger partial charge >= 0.3 is 0 Å². The summed E-state index contributed by atoms with van der Waals surface area (Å²) < 4.78 is 16.0. The van der Waals surface area contributed by atoms with Gasteiger partial charge in [0.25, 0.3) is 11.8 Å². The third-order valence-corrected chi connectivity index (χ3v) is 5.03. The summed E-state index contributed by atoms with van der Waals surface area (Å²) in [6, 6.07) is 12.4. The van der Waals surface area contributed by atoms with Gasteiger partial charge in [0, 0.05) is 31.7 Å². The summed E-state index contributed by atoms with van der Waals surface area (Å²) >= 11 is 0. The summed E-state index contributed by atoms with van der Waals surface area (Å²) in [6.07, 6.45) is 0.719. The van der Waals surface area contributed by atoms with Crippen molar-refractivity contribution in [1.82, 2.24) is 9.80 Å². The molecule has 0 N–H and O–H groups in total. The van der Waals surface area contributed by atoms with Gasteiger partial charge in [0.15, 0.2) is 11.5 Å². The molecule has 28 heavy (non-hydrogen) atoms. The van der Waals surface area contributed by atoms with E-state index < -0.39 is 0 Å². The lowest BCUT2D eigenvalue weighted by atomic mass is 10.1. The minimum Gasteiger partial charge on any atom is -0.496 e. The molecule has 2 aliphatic heterocycles. The molecule has 1 saturated heterocycles. The number of fused-ring (bicyclic) bond motifs is 1. The highest BCUT2D eigenvalue weighted by molar-refractivity contribution is 5.97. The Bertz CT molecular complexity index is 898. The van der Waals surface area contributed by atoms with Crippen molar-refractivity contribution in [3.63, 3.8) is 0 Å². The van der Waals surface area contributed by atoms with Crippen LogP contribution in [0.3, 0.4) is 0 Å². The van der Waals surface area contributed by atoms with E-state index in [1.807, 2.05) is 12.1 Å². The fraction of sp³-hybridized carbons (Fsp3) is 0.333. The van der Waals surface area contributed by atoms with Gasteiger partial charge in [-0.1, -0.05) is 12.1 Å². The molecule has 2 heterocycles. The summed E-state index contributed by atoms with van der Waals surface area (Å²) in [6.45, 7) is 2.34. The van der Waals surface area contributed by atoms with Crippen molar-refractivity contribution < 1.29 is 23.8 Å². The van der Waals surface area contributed by atoms with Crippen LogP contribution in [0.5, 0.6) is 17.2 Å². The van der Waals surface area contributed by atoms with Gasteiger partial charge < -0.3 is 24.0 Å². The lowest BCUT2D eigenvalue weighted by Gasteiger charge is -2.23. The molecule has 7 heteroatoms. The van der Waals surface area contributed by atoms with Crippen molar-refractivity contribution in [3.8, 4) is 17.2 Å². The van der Waals surface area contributed by atoms with Gasteiger partial charge in [0.05, 0.1) is 12.7 Å². The minimum absolute atomic E-state index is 0.0649. The number of rotatable bonds is 3. The van der Waals surface area contributed by atoms with Crippen molar-refractivity contribution in [1.29, 1.82) is 0 Å². The Morgan fingerprint density at radius 2 is 1.61 bits per heavy atom. The molecule has 1 fully saturated rings. The maximum absolute atomic E-state index is 12.9. The number of para-hydroxylation sites is 1. The van der Waals surface area contributed by atoms with Crippen LogP contribution in [-0.4, -0.2) is 61.7 Å². The predicted octanol–water partition coefficient (Wildman–Crippen LogP) is 2.41. The van der Waals surface area contributed by atoms with Gasteiger partial charge in [-0.25, -0.2) is 0 Å². The Labute approximate surface area is 163 Å². The molecule has 0 bridgehead atoms. The fourth-order valence-corrected chi connectivity index (χ4v) is 3.53. The molecule has 146 valence electrons. The third kappa shape index (κ3) is 3.47. The Balaban J connectivity index is 1.45. The number of ether oxygens (including phenoxy) is 3. The molecule has 0 aromatic heterocycles. The van der Waals surface area contributed by atoms with Crippen LogP contribution >= 0.6 is 0 Å². The smallest absolute Gasteiger partial charge is 0.257 e. The first-order valence-corrected chi connectivity index (χ1v) is 9.28. The van der Waals surface area contributed by atoms with Crippen LogP contribution in [0.1, 0.15) is 27.1 Å². The second-order valence-corrected chi connectivity index (χ2v) is 6.71. The zero-order valence-corrected chi connectivity index (χ0v) is 15.7. The third-order valence-electron chi connectivity index (χ3n) is 5.03. The molecular formula is C21H22N2O5. The van der Waals surface area contributed by atoms with Crippen LogP contribution in [0.4, 0.5) is 0 Å². The van der Waals surface area contributed by atoms with E-state index in [0.717, 1.165) is 6.42 Å². The van der Waals surface area contributed by atoms with Crippen LogP contribution in [0.15, 0.2) is 42.5 Å². The van der Waals surface area contributed by atoms with Gasteiger partial charge in [-0.2, -0.15) is 0 Å². The van der Waals surface area contributed by atoms with E-state index in [0.29, 0.717) is 54.6 Å². The lowest BCUT2D eigenvalue weighted by molar-refractivity contribution is 0.0716. The average Bonchev–Trinajstić information content (AvgIpc) is 3.07. The molecule has 0 aliphatic carbocycles. The standard InChI is InChI=1S/C21H22N2O5/c1-26-17-6-3-2-5-16(17)21(25)23-10-4-9-22(11-12-23)20(24)15-7-8-18-19(13-15)28-14-27-18/h2-3,5-8,13H,4,9-12,14H2,1H3. The quantitative estimate of drug-likeness (QED) is 0.816. The van der Waals surface area contributed by atoms with Crippen LogP contribution in [0.25, 0.3) is 0 Å². The van der Waals surface area contributed by atoms with Crippen LogP contribution in [0.2, 0.25) is 0 Å². The van der Waals surface area contributed by atoms with Crippen LogP contribution in [0, 0.1) is 0 Å². The number of carbonyl (C=O) groups is 2. The molecule has 4 rings (SSSR count). The van der Waals surface area contributed by atoms with Gasteiger partial charge in [-0.05, 0) is 36.8 Å². The molecule has 0 unspecified atom stereocenters. The Morgan fingerprint density at radius 3 is 2.39 bits per heavy atom. The number of methoxy groups -OCH3 is 1. The Morgan fingerprint density at radius 1 is 0.893 bits per heavy atom. The zero-order valence-electron chi connectivity index (χ0n) is 15.7. The summed E-state index contributed by atoms with van der Waals surface area (Å²) in [5, 5.41) is 0. The maximum Gasteiger partial charge on any atom is 0.257 e. The van der Waals surface area contributed by atoms with Crippen molar-refractivity contribution in [2.45, 2.75) is 6.42 Å². The Hall–Kier alpha value is -3.22. The van der Waals surface area contributed by atoms with Crippen molar-refractivity contribution in [2.75, 3.05) is 40.1 Å². The molecule has 0 spiro atoms. The van der Waals surface area contributed by atoms with Crippen molar-refractivity contribution >= 4 is 11.8 Å². The summed E-state index contributed by atoms with van der Waals surface area (Å²) in [5.41, 5.74) is 1.11. The molecule has 2 aromatic rings. The minimum atomic E-state index is -0.0742. The summed E-state index contributed by atoms with van der Waals surface area (Å²) in [7, 11) is 1.56. The molecule has 2 amide bonds. The first-order valence-electron chi connectivity index (χ1n) is 9.28. The number of amides is 2. The number of nitrogens with zero attached hydrogens (tertiary/aromatic N) is 2. The van der Waals surface area contributed by atoms with E-state index in [9.17, 15) is 9.59 Å². The van der Waals surface area contributed by atoms with E-state index >= 15 is 0 Å². The zero-order chi connectivity index (χ0) is 19.5. The highest BCUT2D eigenvalue weighted by atomic mass is 16.7. The second kappa shape index (κ2) is 7.80. The van der Waals surface area contributed by atoms with Gasteiger partial charge in [0.2, 0.25) is 6.79 Å². The fourth-order valence-electron chi connectivity index (χ4n) is 3.53. The molecule has 2 aromatic carbocycles. The molecule has 7 nitrogen and oxygen atoms in total. The van der Waals surface area contributed by atoms with E-state index in [1.54, 1.807) is 47.2 Å². The topological polar surface area (TPSA) is 68.3 Å². The number of benzene rings is 2. The normalized spacial score (nSPS) is 15.9. The summed E-state index contributed by atoms with van der Waals surface area (Å²) in [5.74, 6) is 1.67. The molecule has 2 aliphatic rings. The predicted molar refractivity (Wildman–Crippen MR) is 102 cm³/mol. The lowest BCUT2D eigenvalue weighted by Crippen LogP contribution is -2.37. The number of hydrogen-bond acceptors (Lipinski definition) is 5. The highest BCUT2D eigenvalue weighted by Gasteiger charge is 2.26. The maximum atomic E-state index is 12.9. The Kier molecular flexibility index (Phi) is 5.06. The molecule has 0 saturated carbocycles. The van der Waals surface area contributed by atoms with Crippen LogP contribution < -0.4 is 14.2 Å². The first-order chi connectivity index (χ1) is 13.7. The van der Waals surface area contributed by atoms with Crippen molar-refractivity contribution in [2.24, 2.45) is 0 Å². The first kappa shape index (κ1) is 18.2. The molecular weight excluding hydrogens is 360 g/mol. The summed E-state index contributed by atoms with van der Waals surface area (Å²) in [4.78, 5) is 29.4. The number of carbonyl (C=O) groups excluding carboxylic acids is 2. The second-order valence-electron chi connectivity index (χ2n) is 6.71. The van der Waals surface area contributed by atoms with Crippen molar-refractivity contribution in [3.05, 3.63) is 53.6 Å². The highest BCUT2D eigenvalue weighted by Crippen LogP contribution is 2.33. The molecule has 0 radical (unpaired) electrons. The van der Waals surface area contributed by atoms with E-state index in [-0.39, 0.29) is 18.6 Å².